The average Bonchev–Trinajstić information content (AvgIpc) is 2.99. The first-order valence-electron chi connectivity index (χ1n) is 8.98. The van der Waals surface area contributed by atoms with Crippen LogP contribution >= 0.6 is 0 Å². The van der Waals surface area contributed by atoms with Crippen molar-refractivity contribution in [2.75, 3.05) is 7.11 Å². The molecule has 1 heterocycles. The fourth-order valence-corrected chi connectivity index (χ4v) is 3.15. The van der Waals surface area contributed by atoms with Gasteiger partial charge < -0.3 is 19.6 Å². The van der Waals surface area contributed by atoms with E-state index < -0.39 is 17.9 Å². The second kappa shape index (κ2) is 8.29. The summed E-state index contributed by atoms with van der Waals surface area (Å²) in [7, 11) is 1.57. The summed E-state index contributed by atoms with van der Waals surface area (Å²) in [6, 6.07) is 1.01. The Hall–Kier alpha value is -2.76. The maximum Gasteiger partial charge on any atom is 0.326 e. The Bertz CT molecular complexity index is 894. The minimum Gasteiger partial charge on any atom is -0.496 e. The van der Waals surface area contributed by atoms with Crippen molar-refractivity contribution in [3.05, 3.63) is 35.1 Å². The van der Waals surface area contributed by atoms with E-state index in [4.69, 9.17) is 9.15 Å². The lowest BCUT2D eigenvalue weighted by atomic mass is 9.97. The number of ether oxygens (including phenoxy) is 1. The molecule has 1 aromatic heterocycles. The van der Waals surface area contributed by atoms with Gasteiger partial charge in [0, 0.05) is 22.6 Å². The van der Waals surface area contributed by atoms with Gasteiger partial charge in [0.1, 0.15) is 17.4 Å². The van der Waals surface area contributed by atoms with Crippen LogP contribution in [-0.2, 0) is 9.59 Å². The van der Waals surface area contributed by atoms with Crippen LogP contribution in [0.15, 0.2) is 22.8 Å². The summed E-state index contributed by atoms with van der Waals surface area (Å²) >= 11 is 0. The third-order valence-electron chi connectivity index (χ3n) is 4.99. The predicted molar refractivity (Wildman–Crippen MR) is 105 cm³/mol. The van der Waals surface area contributed by atoms with Gasteiger partial charge in [0.2, 0.25) is 5.91 Å². The SMILES string of the molecule is CCC(C)C(NC(=O)/C=C(\C)c1cc2c(C)coc2c(C)c1OC)C(=O)O. The second-order valence-corrected chi connectivity index (χ2v) is 6.92. The molecule has 2 N–H and O–H groups in total. The molecular formula is C21H27NO5. The summed E-state index contributed by atoms with van der Waals surface area (Å²) in [6.45, 7) is 9.36. The minimum atomic E-state index is -1.03. The van der Waals surface area contributed by atoms with E-state index in [1.165, 1.54) is 6.08 Å². The summed E-state index contributed by atoms with van der Waals surface area (Å²) in [5.74, 6) is -1.01. The molecule has 2 rings (SSSR count). The second-order valence-electron chi connectivity index (χ2n) is 6.92. The summed E-state index contributed by atoms with van der Waals surface area (Å²) in [5.41, 5.74) is 4.07. The van der Waals surface area contributed by atoms with E-state index in [2.05, 4.69) is 5.32 Å². The van der Waals surface area contributed by atoms with E-state index in [-0.39, 0.29) is 5.92 Å². The van der Waals surface area contributed by atoms with Gasteiger partial charge in [-0.25, -0.2) is 4.79 Å². The third kappa shape index (κ3) is 4.15. The molecule has 0 aliphatic rings. The van der Waals surface area contributed by atoms with Crippen LogP contribution < -0.4 is 10.1 Å². The number of aliphatic carboxylic acids is 1. The molecule has 0 spiro atoms. The van der Waals surface area contributed by atoms with Crippen LogP contribution in [0.3, 0.4) is 0 Å². The number of carboxylic acid groups (broad SMARTS) is 1. The molecule has 0 fully saturated rings. The predicted octanol–water partition coefficient (Wildman–Crippen LogP) is 4.08. The molecular weight excluding hydrogens is 346 g/mol. The molecule has 0 saturated heterocycles. The lowest BCUT2D eigenvalue weighted by molar-refractivity contribution is -0.142. The maximum atomic E-state index is 12.4. The van der Waals surface area contributed by atoms with Gasteiger partial charge in [-0.05, 0) is 43.9 Å². The van der Waals surface area contributed by atoms with E-state index in [1.54, 1.807) is 27.2 Å². The van der Waals surface area contributed by atoms with Crippen molar-refractivity contribution < 1.29 is 23.8 Å². The van der Waals surface area contributed by atoms with E-state index in [1.807, 2.05) is 26.8 Å². The van der Waals surface area contributed by atoms with Gasteiger partial charge in [-0.15, -0.1) is 0 Å². The van der Waals surface area contributed by atoms with Gasteiger partial charge in [-0.3, -0.25) is 4.79 Å². The highest BCUT2D eigenvalue weighted by molar-refractivity contribution is 5.99. The lowest BCUT2D eigenvalue weighted by Gasteiger charge is -2.19. The number of fused-ring (bicyclic) bond motifs is 1. The molecule has 146 valence electrons. The smallest absolute Gasteiger partial charge is 0.326 e. The normalized spacial score (nSPS) is 14.1. The number of carboxylic acids is 1. The Morgan fingerprint density at radius 1 is 1.37 bits per heavy atom. The number of amides is 1. The Morgan fingerprint density at radius 2 is 2.04 bits per heavy atom. The Balaban J connectivity index is 2.41. The van der Waals surface area contributed by atoms with Crippen LogP contribution in [0.1, 0.15) is 43.9 Å². The van der Waals surface area contributed by atoms with Crippen molar-refractivity contribution in [1.82, 2.24) is 5.32 Å². The molecule has 0 bridgehead atoms. The molecule has 0 aliphatic carbocycles. The van der Waals surface area contributed by atoms with Crippen LogP contribution in [0.25, 0.3) is 16.5 Å². The van der Waals surface area contributed by atoms with Crippen molar-refractivity contribution in [3.8, 4) is 5.75 Å². The molecule has 6 heteroatoms. The molecule has 0 aliphatic heterocycles. The van der Waals surface area contributed by atoms with Crippen molar-refractivity contribution in [1.29, 1.82) is 0 Å². The number of methoxy groups -OCH3 is 1. The number of nitrogens with one attached hydrogen (secondary N) is 1. The van der Waals surface area contributed by atoms with Crippen molar-refractivity contribution in [2.45, 2.75) is 47.1 Å². The van der Waals surface area contributed by atoms with E-state index >= 15 is 0 Å². The molecule has 0 saturated carbocycles. The number of allylic oxidation sites excluding steroid dienone is 1. The number of furan rings is 1. The topological polar surface area (TPSA) is 88.8 Å². The van der Waals surface area contributed by atoms with Gasteiger partial charge in [0.25, 0.3) is 0 Å². The summed E-state index contributed by atoms with van der Waals surface area (Å²) in [4.78, 5) is 23.8. The lowest BCUT2D eigenvalue weighted by Crippen LogP contribution is -2.44. The zero-order chi connectivity index (χ0) is 20.3. The first kappa shape index (κ1) is 20.6. The Labute approximate surface area is 159 Å². The zero-order valence-electron chi connectivity index (χ0n) is 16.7. The third-order valence-corrected chi connectivity index (χ3v) is 4.99. The first-order chi connectivity index (χ1) is 12.7. The van der Waals surface area contributed by atoms with Crippen LogP contribution in [0.2, 0.25) is 0 Å². The highest BCUT2D eigenvalue weighted by Gasteiger charge is 2.25. The fourth-order valence-electron chi connectivity index (χ4n) is 3.15. The van der Waals surface area contributed by atoms with Crippen LogP contribution in [-0.4, -0.2) is 30.1 Å². The van der Waals surface area contributed by atoms with E-state index in [9.17, 15) is 14.7 Å². The molecule has 1 amide bonds. The van der Waals surface area contributed by atoms with E-state index in [0.29, 0.717) is 17.7 Å². The summed E-state index contributed by atoms with van der Waals surface area (Å²) in [6.07, 6.45) is 3.76. The molecule has 2 aromatic rings. The molecule has 2 atom stereocenters. The number of hydrogen-bond acceptors (Lipinski definition) is 4. The Kier molecular flexibility index (Phi) is 6.31. The van der Waals surface area contributed by atoms with Gasteiger partial charge in [-0.2, -0.15) is 0 Å². The minimum absolute atomic E-state index is 0.165. The summed E-state index contributed by atoms with van der Waals surface area (Å²) < 4.78 is 11.2. The van der Waals surface area contributed by atoms with Gasteiger partial charge >= 0.3 is 5.97 Å². The maximum absolute atomic E-state index is 12.4. The standard InChI is InChI=1S/C21H27NO5/c1-7-11(2)18(21(24)25)22-17(23)8-12(3)15-9-16-13(4)10-27-20(16)14(5)19(15)26-6/h8-11,18H,7H2,1-6H3,(H,22,23)(H,24,25)/b12-8+. The van der Waals surface area contributed by atoms with Crippen LogP contribution in [0.5, 0.6) is 5.75 Å². The highest BCUT2D eigenvalue weighted by Crippen LogP contribution is 2.37. The number of hydrogen-bond donors (Lipinski definition) is 2. The van der Waals surface area contributed by atoms with E-state index in [0.717, 1.165) is 27.7 Å². The zero-order valence-corrected chi connectivity index (χ0v) is 16.7. The number of benzene rings is 1. The number of aryl methyl sites for hydroxylation is 2. The van der Waals surface area contributed by atoms with Crippen molar-refractivity contribution in [3.63, 3.8) is 0 Å². The van der Waals surface area contributed by atoms with Crippen LogP contribution in [0, 0.1) is 19.8 Å². The molecule has 2 unspecified atom stereocenters. The van der Waals surface area contributed by atoms with Gasteiger partial charge in [0.15, 0.2) is 0 Å². The molecule has 6 nitrogen and oxygen atoms in total. The van der Waals surface area contributed by atoms with Crippen LogP contribution in [0.4, 0.5) is 0 Å². The highest BCUT2D eigenvalue weighted by atomic mass is 16.5. The number of carbonyl (C=O) groups excluding carboxylic acids is 1. The molecule has 0 radical (unpaired) electrons. The number of rotatable bonds is 7. The monoisotopic (exact) mass is 373 g/mol. The summed E-state index contributed by atoms with van der Waals surface area (Å²) in [5, 5.41) is 12.9. The molecule has 27 heavy (non-hydrogen) atoms. The molecule has 1 aromatic carbocycles. The number of carbonyl (C=O) groups is 2. The van der Waals surface area contributed by atoms with Crippen molar-refractivity contribution in [2.24, 2.45) is 5.92 Å². The van der Waals surface area contributed by atoms with Crippen molar-refractivity contribution >= 4 is 28.4 Å². The van der Waals surface area contributed by atoms with Gasteiger partial charge in [-0.1, -0.05) is 20.3 Å². The fraction of sp³-hybridized carbons (Fsp3) is 0.429. The Morgan fingerprint density at radius 3 is 2.59 bits per heavy atom. The largest absolute Gasteiger partial charge is 0.496 e. The quantitative estimate of drug-likeness (QED) is 0.714. The average molecular weight is 373 g/mol. The van der Waals surface area contributed by atoms with Gasteiger partial charge in [0.05, 0.1) is 13.4 Å². The first-order valence-corrected chi connectivity index (χ1v) is 8.98.